The number of hydrogen-bond acceptors (Lipinski definition) is 8. The number of amides is 3. The number of nitrogens with two attached hydrogens (primary N) is 1. The number of carboxylic acid groups (broad SMARTS) is 2. The van der Waals surface area contributed by atoms with Crippen LogP contribution < -0.4 is 21.7 Å². The third kappa shape index (κ3) is 10.4. The monoisotopic (exact) mass is 524 g/mol. The van der Waals surface area contributed by atoms with Gasteiger partial charge in [-0.25, -0.2) is 4.79 Å². The van der Waals surface area contributed by atoms with Crippen LogP contribution in [0.1, 0.15) is 45.6 Å². The van der Waals surface area contributed by atoms with Crippen molar-refractivity contribution in [3.8, 4) is 5.75 Å². The van der Waals surface area contributed by atoms with Crippen LogP contribution in [0.3, 0.4) is 0 Å². The summed E-state index contributed by atoms with van der Waals surface area (Å²) in [5.74, 6) is -5.62. The number of carboxylic acids is 2. The van der Waals surface area contributed by atoms with E-state index in [0.29, 0.717) is 12.0 Å². The molecule has 1 rings (SSSR count). The summed E-state index contributed by atoms with van der Waals surface area (Å²) >= 11 is 0. The fourth-order valence-electron chi connectivity index (χ4n) is 3.38. The van der Waals surface area contributed by atoms with Crippen molar-refractivity contribution in [1.82, 2.24) is 16.0 Å². The van der Waals surface area contributed by atoms with Crippen LogP contribution in [0, 0.1) is 5.92 Å². The van der Waals surface area contributed by atoms with Crippen molar-refractivity contribution in [3.05, 3.63) is 29.8 Å². The van der Waals surface area contributed by atoms with Crippen LogP contribution in [0.25, 0.3) is 0 Å². The zero-order valence-corrected chi connectivity index (χ0v) is 21.0. The van der Waals surface area contributed by atoms with Crippen molar-refractivity contribution in [1.29, 1.82) is 0 Å². The van der Waals surface area contributed by atoms with E-state index in [1.807, 2.05) is 0 Å². The van der Waals surface area contributed by atoms with E-state index in [2.05, 4.69) is 16.0 Å². The molecule has 0 aliphatic heterocycles. The Balaban J connectivity index is 2.97. The van der Waals surface area contributed by atoms with E-state index in [-0.39, 0.29) is 18.6 Å². The normalized spacial score (nSPS) is 15.8. The molecule has 13 nitrogen and oxygen atoms in total. The van der Waals surface area contributed by atoms with Crippen molar-refractivity contribution in [3.63, 3.8) is 0 Å². The summed E-state index contributed by atoms with van der Waals surface area (Å²) in [6.45, 7) is 4.58. The molecule has 1 aromatic rings. The van der Waals surface area contributed by atoms with Gasteiger partial charge in [-0.15, -0.1) is 0 Å². The molecule has 6 unspecified atom stereocenters. The molecule has 0 bridgehead atoms. The molecule has 206 valence electrons. The largest absolute Gasteiger partial charge is 0.508 e. The van der Waals surface area contributed by atoms with Crippen LogP contribution in [0.2, 0.25) is 0 Å². The maximum absolute atomic E-state index is 12.9. The number of carbonyl (C=O) groups excluding carboxylic acids is 3. The number of hydrogen-bond donors (Lipinski definition) is 8. The molecule has 0 aromatic heterocycles. The summed E-state index contributed by atoms with van der Waals surface area (Å²) in [5.41, 5.74) is 6.56. The van der Waals surface area contributed by atoms with Gasteiger partial charge < -0.3 is 42.1 Å². The first kappa shape index (κ1) is 31.3. The first-order valence-electron chi connectivity index (χ1n) is 11.8. The van der Waals surface area contributed by atoms with Gasteiger partial charge in [-0.1, -0.05) is 32.4 Å². The molecular weight excluding hydrogens is 488 g/mol. The molecule has 0 saturated carbocycles. The fourth-order valence-corrected chi connectivity index (χ4v) is 3.38. The number of carbonyl (C=O) groups is 5. The zero-order chi connectivity index (χ0) is 28.3. The van der Waals surface area contributed by atoms with Gasteiger partial charge in [-0.3, -0.25) is 19.2 Å². The van der Waals surface area contributed by atoms with E-state index in [0.717, 1.165) is 0 Å². The summed E-state index contributed by atoms with van der Waals surface area (Å²) in [6.07, 6.45) is -1.79. The minimum Gasteiger partial charge on any atom is -0.508 e. The SMILES string of the molecule is CCC(C)C(NC(=O)C(CCC(=O)O)NC(=O)C(NC(=O)C(N)Cc1ccc(O)cc1)C(C)O)C(=O)O. The van der Waals surface area contributed by atoms with Crippen molar-refractivity contribution in [2.24, 2.45) is 11.7 Å². The first-order valence-corrected chi connectivity index (χ1v) is 11.8. The molecule has 6 atom stereocenters. The van der Waals surface area contributed by atoms with E-state index >= 15 is 0 Å². The van der Waals surface area contributed by atoms with Gasteiger partial charge in [0.1, 0.15) is 23.9 Å². The van der Waals surface area contributed by atoms with Gasteiger partial charge in [-0.2, -0.15) is 0 Å². The van der Waals surface area contributed by atoms with Gasteiger partial charge in [0.15, 0.2) is 0 Å². The predicted octanol–water partition coefficient (Wildman–Crippen LogP) is -0.907. The minimum absolute atomic E-state index is 0.0351. The maximum Gasteiger partial charge on any atom is 0.326 e. The third-order valence-electron chi connectivity index (χ3n) is 5.85. The van der Waals surface area contributed by atoms with Crippen molar-refractivity contribution >= 4 is 29.7 Å². The smallest absolute Gasteiger partial charge is 0.326 e. The molecule has 0 radical (unpaired) electrons. The number of aromatic hydroxyl groups is 1. The average molecular weight is 525 g/mol. The molecule has 0 spiro atoms. The molecule has 3 amide bonds. The zero-order valence-electron chi connectivity index (χ0n) is 21.0. The number of phenolic OH excluding ortho intramolecular Hbond substituents is 1. The Kier molecular flexibility index (Phi) is 12.5. The van der Waals surface area contributed by atoms with Crippen molar-refractivity contribution in [2.45, 2.75) is 76.7 Å². The van der Waals surface area contributed by atoms with E-state index < -0.39 is 72.3 Å². The van der Waals surface area contributed by atoms with E-state index in [1.54, 1.807) is 26.0 Å². The van der Waals surface area contributed by atoms with Crippen LogP contribution in [-0.2, 0) is 30.4 Å². The molecule has 0 aliphatic carbocycles. The molecule has 0 aliphatic rings. The highest BCUT2D eigenvalue weighted by molar-refractivity contribution is 5.94. The molecule has 37 heavy (non-hydrogen) atoms. The van der Waals surface area contributed by atoms with Crippen LogP contribution in [0.15, 0.2) is 24.3 Å². The number of aliphatic hydroxyl groups excluding tert-OH is 1. The Morgan fingerprint density at radius 2 is 1.46 bits per heavy atom. The highest BCUT2D eigenvalue weighted by Crippen LogP contribution is 2.12. The van der Waals surface area contributed by atoms with Crippen molar-refractivity contribution in [2.75, 3.05) is 0 Å². The quantitative estimate of drug-likeness (QED) is 0.141. The number of aliphatic hydroxyl groups is 1. The second kappa shape index (κ2) is 14.8. The molecule has 0 saturated heterocycles. The standard InChI is InChI=1S/C24H36N4O9/c1-4-12(2)19(24(36)37)27-22(34)17(9-10-18(31)32)26-23(35)20(13(3)29)28-21(33)16(25)11-14-5-7-15(30)8-6-14/h5-8,12-13,16-17,19-20,29-30H,4,9-11,25H2,1-3H3,(H,26,35)(H,27,34)(H,28,33)(H,31,32)(H,36,37). The van der Waals surface area contributed by atoms with E-state index in [4.69, 9.17) is 10.8 Å². The lowest BCUT2D eigenvalue weighted by Crippen LogP contribution is -2.60. The van der Waals surface area contributed by atoms with Gasteiger partial charge in [0.2, 0.25) is 17.7 Å². The van der Waals surface area contributed by atoms with Gasteiger partial charge >= 0.3 is 11.9 Å². The van der Waals surface area contributed by atoms with Gasteiger partial charge in [0.25, 0.3) is 0 Å². The third-order valence-corrected chi connectivity index (χ3v) is 5.85. The number of aliphatic carboxylic acids is 2. The lowest BCUT2D eigenvalue weighted by atomic mass is 9.98. The Morgan fingerprint density at radius 1 is 0.892 bits per heavy atom. The van der Waals surface area contributed by atoms with Crippen molar-refractivity contribution < 1.29 is 44.4 Å². The number of rotatable bonds is 15. The number of phenols is 1. The lowest BCUT2D eigenvalue weighted by Gasteiger charge is -2.27. The van der Waals surface area contributed by atoms with Crippen LogP contribution >= 0.6 is 0 Å². The topological polar surface area (TPSA) is 228 Å². The first-order chi connectivity index (χ1) is 17.3. The minimum atomic E-state index is -1.54. The molecular formula is C24H36N4O9. The molecule has 1 aromatic carbocycles. The molecule has 9 N–H and O–H groups in total. The average Bonchev–Trinajstić information content (AvgIpc) is 2.83. The van der Waals surface area contributed by atoms with Crippen LogP contribution in [-0.4, -0.2) is 80.4 Å². The van der Waals surface area contributed by atoms with Crippen LogP contribution in [0.4, 0.5) is 0 Å². The second-order valence-electron chi connectivity index (χ2n) is 8.91. The summed E-state index contributed by atoms with van der Waals surface area (Å²) in [4.78, 5) is 61.0. The molecule has 0 heterocycles. The number of nitrogens with one attached hydrogen (secondary N) is 3. The molecule has 0 fully saturated rings. The highest BCUT2D eigenvalue weighted by atomic mass is 16.4. The predicted molar refractivity (Wildman–Crippen MR) is 131 cm³/mol. The summed E-state index contributed by atoms with van der Waals surface area (Å²) in [7, 11) is 0. The lowest BCUT2D eigenvalue weighted by molar-refractivity contribution is -0.144. The maximum atomic E-state index is 12.9. The Hall–Kier alpha value is -3.71. The van der Waals surface area contributed by atoms with Gasteiger partial charge in [0, 0.05) is 6.42 Å². The Bertz CT molecular complexity index is 952. The Labute approximate surface area is 214 Å². The van der Waals surface area contributed by atoms with Gasteiger partial charge in [-0.05, 0) is 43.4 Å². The highest BCUT2D eigenvalue weighted by Gasteiger charge is 2.33. The van der Waals surface area contributed by atoms with E-state index in [1.165, 1.54) is 19.1 Å². The van der Waals surface area contributed by atoms with Crippen LogP contribution in [0.5, 0.6) is 5.75 Å². The molecule has 13 heteroatoms. The fraction of sp³-hybridized carbons (Fsp3) is 0.542. The van der Waals surface area contributed by atoms with Gasteiger partial charge in [0.05, 0.1) is 12.1 Å². The number of benzene rings is 1. The second-order valence-corrected chi connectivity index (χ2v) is 8.91. The van der Waals surface area contributed by atoms with E-state index in [9.17, 15) is 39.3 Å². The summed E-state index contributed by atoms with van der Waals surface area (Å²) in [5, 5.41) is 44.9. The summed E-state index contributed by atoms with van der Waals surface area (Å²) in [6, 6.07) is 0.604. The summed E-state index contributed by atoms with van der Waals surface area (Å²) < 4.78 is 0. The Morgan fingerprint density at radius 3 is 1.95 bits per heavy atom.